The summed E-state index contributed by atoms with van der Waals surface area (Å²) in [5.74, 6) is -0.289. The van der Waals surface area contributed by atoms with Crippen LogP contribution in [0.25, 0.3) is 11.1 Å². The molecule has 0 spiro atoms. The first-order valence-electron chi connectivity index (χ1n) is 9.98. The Bertz CT molecular complexity index is 980. The van der Waals surface area contributed by atoms with Gasteiger partial charge in [-0.1, -0.05) is 73.7 Å². The van der Waals surface area contributed by atoms with Crippen molar-refractivity contribution in [1.29, 1.82) is 0 Å². The second-order valence-corrected chi connectivity index (χ2v) is 7.08. The molecule has 3 aromatic rings. The summed E-state index contributed by atoms with van der Waals surface area (Å²) in [5, 5.41) is 0. The zero-order valence-corrected chi connectivity index (χ0v) is 16.5. The fourth-order valence-electron chi connectivity index (χ4n) is 3.56. The lowest BCUT2D eigenvalue weighted by Gasteiger charge is -2.24. The Morgan fingerprint density at radius 3 is 2.00 bits per heavy atom. The predicted octanol–water partition coefficient (Wildman–Crippen LogP) is 5.29. The Morgan fingerprint density at radius 1 is 0.862 bits per heavy atom. The average Bonchev–Trinajstić information content (AvgIpc) is 2.94. The summed E-state index contributed by atoms with van der Waals surface area (Å²) in [4.78, 5) is 19.2. The van der Waals surface area contributed by atoms with Gasteiger partial charge in [0.15, 0.2) is 0 Å². The number of amidine groups is 1. The van der Waals surface area contributed by atoms with Crippen LogP contribution in [0.1, 0.15) is 34.8 Å². The van der Waals surface area contributed by atoms with Crippen LogP contribution in [0, 0.1) is 0 Å². The van der Waals surface area contributed by atoms with Gasteiger partial charge in [-0.25, -0.2) is 0 Å². The summed E-state index contributed by atoms with van der Waals surface area (Å²) in [5.41, 5.74) is 5.38. The van der Waals surface area contributed by atoms with E-state index in [4.69, 9.17) is 4.74 Å². The summed E-state index contributed by atoms with van der Waals surface area (Å²) < 4.78 is 5.96. The summed E-state index contributed by atoms with van der Waals surface area (Å²) in [7, 11) is 0. The van der Waals surface area contributed by atoms with Gasteiger partial charge in [0.05, 0.1) is 6.61 Å². The van der Waals surface area contributed by atoms with Crippen molar-refractivity contribution in [3.8, 4) is 11.1 Å². The molecule has 0 aromatic heterocycles. The topological polar surface area (TPSA) is 41.9 Å². The highest BCUT2D eigenvalue weighted by Gasteiger charge is 2.23. The van der Waals surface area contributed by atoms with Crippen LogP contribution in [0.2, 0.25) is 0 Å². The minimum atomic E-state index is -0.289. The SMILES string of the molecule is CCCO/C(=N\C(=O)c1ccccc1)N1Cc2ccccc2-c2ccccc2C1. The first kappa shape index (κ1) is 18.9. The van der Waals surface area contributed by atoms with Crippen molar-refractivity contribution in [2.24, 2.45) is 4.99 Å². The van der Waals surface area contributed by atoms with Gasteiger partial charge in [0.25, 0.3) is 11.9 Å². The third-order valence-corrected chi connectivity index (χ3v) is 4.97. The average molecular weight is 384 g/mol. The lowest BCUT2D eigenvalue weighted by atomic mass is 9.97. The fourth-order valence-corrected chi connectivity index (χ4v) is 3.56. The number of amides is 1. The number of rotatable bonds is 3. The van der Waals surface area contributed by atoms with E-state index in [1.165, 1.54) is 22.3 Å². The number of carbonyl (C=O) groups is 1. The summed E-state index contributed by atoms with van der Waals surface area (Å²) in [6.45, 7) is 3.83. The second kappa shape index (κ2) is 8.74. The highest BCUT2D eigenvalue weighted by atomic mass is 16.5. The van der Waals surface area contributed by atoms with E-state index in [0.717, 1.165) is 6.42 Å². The minimum Gasteiger partial charge on any atom is -0.465 e. The second-order valence-electron chi connectivity index (χ2n) is 7.08. The van der Waals surface area contributed by atoms with E-state index in [1.54, 1.807) is 12.1 Å². The van der Waals surface area contributed by atoms with E-state index in [2.05, 4.69) is 46.3 Å². The maximum atomic E-state index is 12.7. The Hall–Kier alpha value is -3.40. The van der Waals surface area contributed by atoms with Crippen LogP contribution in [-0.2, 0) is 17.8 Å². The molecule has 0 unspecified atom stereocenters. The Morgan fingerprint density at radius 2 is 1.41 bits per heavy atom. The Kier molecular flexibility index (Phi) is 5.71. The number of hydrogen-bond acceptors (Lipinski definition) is 2. The van der Waals surface area contributed by atoms with Crippen LogP contribution in [0.4, 0.5) is 0 Å². The molecule has 1 amide bonds. The standard InChI is InChI=1S/C25H24N2O2/c1-2-16-29-25(26-24(28)19-10-4-3-5-11-19)27-17-20-12-6-8-14-22(20)23-15-9-7-13-21(23)18-27/h3-15H,2,16-18H2,1H3/b26-25-. The molecule has 146 valence electrons. The molecule has 0 fully saturated rings. The molecule has 0 atom stereocenters. The number of fused-ring (bicyclic) bond motifs is 3. The van der Waals surface area contributed by atoms with E-state index in [1.807, 2.05) is 37.3 Å². The molecule has 1 aliphatic rings. The molecule has 1 heterocycles. The van der Waals surface area contributed by atoms with Gasteiger partial charge in [-0.15, -0.1) is 0 Å². The molecule has 0 bridgehead atoms. The maximum Gasteiger partial charge on any atom is 0.296 e. The van der Waals surface area contributed by atoms with E-state index in [-0.39, 0.29) is 5.91 Å². The predicted molar refractivity (Wildman–Crippen MR) is 116 cm³/mol. The maximum absolute atomic E-state index is 12.7. The van der Waals surface area contributed by atoms with Gasteiger partial charge in [0, 0.05) is 18.7 Å². The monoisotopic (exact) mass is 384 g/mol. The molecule has 0 saturated carbocycles. The van der Waals surface area contributed by atoms with Gasteiger partial charge < -0.3 is 9.64 Å². The zero-order chi connectivity index (χ0) is 20.1. The molecule has 0 aliphatic carbocycles. The number of aliphatic imine (C=N–C) groups is 1. The summed E-state index contributed by atoms with van der Waals surface area (Å²) >= 11 is 0. The van der Waals surface area contributed by atoms with Crippen LogP contribution in [0.15, 0.2) is 83.9 Å². The van der Waals surface area contributed by atoms with Crippen molar-refractivity contribution < 1.29 is 9.53 Å². The molecule has 4 nitrogen and oxygen atoms in total. The molecule has 29 heavy (non-hydrogen) atoms. The molecule has 1 aliphatic heterocycles. The summed E-state index contributed by atoms with van der Waals surface area (Å²) in [6.07, 6.45) is 0.847. The lowest BCUT2D eigenvalue weighted by molar-refractivity contribution is 0.0992. The van der Waals surface area contributed by atoms with Gasteiger partial charge in [-0.3, -0.25) is 4.79 Å². The number of hydrogen-bond donors (Lipinski definition) is 0. The van der Waals surface area contributed by atoms with Crippen LogP contribution in [0.3, 0.4) is 0 Å². The quantitative estimate of drug-likeness (QED) is 0.455. The smallest absolute Gasteiger partial charge is 0.296 e. The van der Waals surface area contributed by atoms with Crippen LogP contribution >= 0.6 is 0 Å². The van der Waals surface area contributed by atoms with Crippen LogP contribution in [-0.4, -0.2) is 23.4 Å². The number of ether oxygens (including phenoxy) is 1. The number of nitrogens with zero attached hydrogens (tertiary/aromatic N) is 2. The van der Waals surface area contributed by atoms with Gasteiger partial charge >= 0.3 is 0 Å². The molecular formula is C25H24N2O2. The Balaban J connectivity index is 1.73. The van der Waals surface area contributed by atoms with E-state index >= 15 is 0 Å². The minimum absolute atomic E-state index is 0.289. The molecule has 3 aromatic carbocycles. The van der Waals surface area contributed by atoms with Crippen molar-refractivity contribution in [3.63, 3.8) is 0 Å². The highest BCUT2D eigenvalue weighted by molar-refractivity contribution is 6.01. The van der Waals surface area contributed by atoms with Gasteiger partial charge in [0.1, 0.15) is 0 Å². The Labute approximate surface area is 171 Å². The van der Waals surface area contributed by atoms with E-state index in [0.29, 0.717) is 31.3 Å². The van der Waals surface area contributed by atoms with Crippen molar-refractivity contribution >= 4 is 11.9 Å². The number of carbonyl (C=O) groups excluding carboxylic acids is 1. The number of benzene rings is 3. The molecule has 0 radical (unpaired) electrons. The molecule has 4 heteroatoms. The van der Waals surface area contributed by atoms with Crippen LogP contribution < -0.4 is 0 Å². The first-order valence-corrected chi connectivity index (χ1v) is 9.98. The molecule has 0 saturated heterocycles. The fraction of sp³-hybridized carbons (Fsp3) is 0.200. The third-order valence-electron chi connectivity index (χ3n) is 4.97. The van der Waals surface area contributed by atoms with Gasteiger partial charge in [-0.05, 0) is 40.8 Å². The van der Waals surface area contributed by atoms with E-state index in [9.17, 15) is 4.79 Å². The van der Waals surface area contributed by atoms with Crippen molar-refractivity contribution in [1.82, 2.24) is 4.90 Å². The van der Waals surface area contributed by atoms with Crippen LogP contribution in [0.5, 0.6) is 0 Å². The van der Waals surface area contributed by atoms with Crippen molar-refractivity contribution in [3.05, 3.63) is 95.6 Å². The largest absolute Gasteiger partial charge is 0.465 e. The van der Waals surface area contributed by atoms with Crippen molar-refractivity contribution in [2.45, 2.75) is 26.4 Å². The third kappa shape index (κ3) is 4.21. The first-order chi connectivity index (χ1) is 14.3. The van der Waals surface area contributed by atoms with Crippen molar-refractivity contribution in [2.75, 3.05) is 6.61 Å². The van der Waals surface area contributed by atoms with Gasteiger partial charge in [-0.2, -0.15) is 4.99 Å². The molecule has 4 rings (SSSR count). The normalized spacial score (nSPS) is 13.3. The zero-order valence-electron chi connectivity index (χ0n) is 16.5. The summed E-state index contributed by atoms with van der Waals surface area (Å²) in [6, 6.07) is 26.3. The van der Waals surface area contributed by atoms with Gasteiger partial charge in [0.2, 0.25) is 0 Å². The van der Waals surface area contributed by atoms with E-state index < -0.39 is 0 Å². The molecule has 0 N–H and O–H groups in total. The molecular weight excluding hydrogens is 360 g/mol. The lowest BCUT2D eigenvalue weighted by Crippen LogP contribution is -2.32. The highest BCUT2D eigenvalue weighted by Crippen LogP contribution is 2.32.